The van der Waals surface area contributed by atoms with Crippen molar-refractivity contribution in [1.82, 2.24) is 19.5 Å². The molecule has 122 valence electrons. The molecule has 0 N–H and O–H groups in total. The van der Waals surface area contributed by atoms with Crippen molar-refractivity contribution in [2.45, 2.75) is 32.6 Å². The predicted octanol–water partition coefficient (Wildman–Crippen LogP) is 2.43. The fourth-order valence-corrected chi connectivity index (χ4v) is 3.04. The summed E-state index contributed by atoms with van der Waals surface area (Å²) >= 11 is 0. The van der Waals surface area contributed by atoms with Gasteiger partial charge in [0.15, 0.2) is 5.82 Å². The molecule has 3 rings (SSSR count). The molecule has 2 aromatic rings. The van der Waals surface area contributed by atoms with Crippen LogP contribution in [0.15, 0.2) is 24.8 Å². The Bertz CT molecular complexity index is 694. The number of rotatable bonds is 4. The van der Waals surface area contributed by atoms with Gasteiger partial charge in [-0.25, -0.2) is 15.0 Å². The van der Waals surface area contributed by atoms with Gasteiger partial charge in [-0.1, -0.05) is 13.8 Å². The first-order valence-corrected chi connectivity index (χ1v) is 8.14. The fourth-order valence-electron chi connectivity index (χ4n) is 3.04. The Hall–Kier alpha value is -2.24. The molecule has 1 fully saturated rings. The maximum absolute atomic E-state index is 12.7. The predicted molar refractivity (Wildman–Crippen MR) is 88.6 cm³/mol. The average Bonchev–Trinajstić information content (AvgIpc) is 3.00. The second kappa shape index (κ2) is 6.48. The Balaban J connectivity index is 1.77. The van der Waals surface area contributed by atoms with Crippen LogP contribution in [0, 0.1) is 5.92 Å². The number of aryl methyl sites for hydroxylation is 1. The fraction of sp³-hybridized carbons (Fsp3) is 0.529. The summed E-state index contributed by atoms with van der Waals surface area (Å²) in [5.41, 5.74) is 1.03. The molecule has 0 saturated carbocycles. The lowest BCUT2D eigenvalue weighted by Crippen LogP contribution is -2.39. The highest BCUT2D eigenvalue weighted by Crippen LogP contribution is 2.25. The molecule has 1 aliphatic heterocycles. The SMILES string of the molecule is CC(C)c1cc(N2CCC[C@H](C(=O)c3nccn3C)C2)ncn1. The molecule has 6 nitrogen and oxygen atoms in total. The number of Topliss-reactive ketones (excluding diaryl/α,β-unsaturated/α-hetero) is 1. The van der Waals surface area contributed by atoms with Crippen molar-refractivity contribution in [3.8, 4) is 0 Å². The number of piperidine rings is 1. The third-order valence-electron chi connectivity index (χ3n) is 4.42. The van der Waals surface area contributed by atoms with E-state index in [0.717, 1.165) is 30.9 Å². The zero-order chi connectivity index (χ0) is 16.4. The van der Waals surface area contributed by atoms with Crippen LogP contribution >= 0.6 is 0 Å². The largest absolute Gasteiger partial charge is 0.356 e. The van der Waals surface area contributed by atoms with Gasteiger partial charge in [0.1, 0.15) is 12.1 Å². The van der Waals surface area contributed by atoms with E-state index in [1.807, 2.05) is 19.3 Å². The summed E-state index contributed by atoms with van der Waals surface area (Å²) in [5.74, 6) is 1.93. The van der Waals surface area contributed by atoms with E-state index in [1.54, 1.807) is 17.1 Å². The van der Waals surface area contributed by atoms with E-state index < -0.39 is 0 Å². The molecule has 0 radical (unpaired) electrons. The van der Waals surface area contributed by atoms with Gasteiger partial charge in [0.2, 0.25) is 5.78 Å². The highest BCUT2D eigenvalue weighted by molar-refractivity contribution is 5.95. The average molecular weight is 313 g/mol. The Morgan fingerprint density at radius 2 is 2.13 bits per heavy atom. The van der Waals surface area contributed by atoms with Crippen LogP contribution in [0.25, 0.3) is 0 Å². The number of carbonyl (C=O) groups is 1. The minimum atomic E-state index is -0.0256. The quantitative estimate of drug-likeness (QED) is 0.811. The third-order valence-corrected chi connectivity index (χ3v) is 4.42. The van der Waals surface area contributed by atoms with Gasteiger partial charge in [-0.15, -0.1) is 0 Å². The molecule has 1 saturated heterocycles. The number of hydrogen-bond acceptors (Lipinski definition) is 5. The maximum atomic E-state index is 12.7. The van der Waals surface area contributed by atoms with Crippen LogP contribution in [0.5, 0.6) is 0 Å². The molecule has 6 heteroatoms. The van der Waals surface area contributed by atoms with Crippen LogP contribution < -0.4 is 4.90 Å². The summed E-state index contributed by atoms with van der Waals surface area (Å²) in [6.07, 6.45) is 7.00. The Kier molecular flexibility index (Phi) is 4.41. The normalized spacial score (nSPS) is 18.4. The Morgan fingerprint density at radius 1 is 1.30 bits per heavy atom. The van der Waals surface area contributed by atoms with Crippen molar-refractivity contribution in [1.29, 1.82) is 0 Å². The van der Waals surface area contributed by atoms with E-state index in [-0.39, 0.29) is 11.7 Å². The van der Waals surface area contributed by atoms with Gasteiger partial charge in [0.25, 0.3) is 0 Å². The highest BCUT2D eigenvalue weighted by Gasteiger charge is 2.29. The van der Waals surface area contributed by atoms with Crippen molar-refractivity contribution in [2.24, 2.45) is 13.0 Å². The van der Waals surface area contributed by atoms with E-state index >= 15 is 0 Å². The first-order valence-electron chi connectivity index (χ1n) is 8.14. The molecule has 23 heavy (non-hydrogen) atoms. The minimum absolute atomic E-state index is 0.0256. The number of aromatic nitrogens is 4. The number of anilines is 1. The molecular weight excluding hydrogens is 290 g/mol. The molecule has 0 unspecified atom stereocenters. The van der Waals surface area contributed by atoms with Gasteiger partial charge in [-0.3, -0.25) is 4.79 Å². The molecule has 0 spiro atoms. The Morgan fingerprint density at radius 3 is 2.83 bits per heavy atom. The van der Waals surface area contributed by atoms with Gasteiger partial charge in [0, 0.05) is 50.2 Å². The zero-order valence-corrected chi connectivity index (χ0v) is 13.9. The van der Waals surface area contributed by atoms with Crippen LogP contribution in [-0.2, 0) is 7.05 Å². The second-order valence-corrected chi connectivity index (χ2v) is 6.47. The molecule has 0 aliphatic carbocycles. The van der Waals surface area contributed by atoms with Crippen LogP contribution in [0.4, 0.5) is 5.82 Å². The summed E-state index contributed by atoms with van der Waals surface area (Å²) < 4.78 is 1.79. The number of carbonyl (C=O) groups excluding carboxylic acids is 1. The first-order chi connectivity index (χ1) is 11.1. The van der Waals surface area contributed by atoms with E-state index in [1.165, 1.54) is 0 Å². The molecule has 0 bridgehead atoms. The van der Waals surface area contributed by atoms with Crippen LogP contribution in [0.1, 0.15) is 48.9 Å². The van der Waals surface area contributed by atoms with Gasteiger partial charge in [0.05, 0.1) is 0 Å². The van der Waals surface area contributed by atoms with Crippen LogP contribution in [0.3, 0.4) is 0 Å². The number of hydrogen-bond donors (Lipinski definition) is 0. The van der Waals surface area contributed by atoms with E-state index in [0.29, 0.717) is 18.3 Å². The summed E-state index contributed by atoms with van der Waals surface area (Å²) in [5, 5.41) is 0. The maximum Gasteiger partial charge on any atom is 0.203 e. The van der Waals surface area contributed by atoms with Gasteiger partial charge < -0.3 is 9.47 Å². The van der Waals surface area contributed by atoms with E-state index in [4.69, 9.17) is 0 Å². The van der Waals surface area contributed by atoms with Crippen LogP contribution in [0.2, 0.25) is 0 Å². The third kappa shape index (κ3) is 3.25. The van der Waals surface area contributed by atoms with Gasteiger partial charge >= 0.3 is 0 Å². The first kappa shape index (κ1) is 15.6. The number of imidazole rings is 1. The monoisotopic (exact) mass is 313 g/mol. The smallest absolute Gasteiger partial charge is 0.203 e. The van der Waals surface area contributed by atoms with Gasteiger partial charge in [-0.05, 0) is 18.8 Å². The molecule has 1 atom stereocenters. The van der Waals surface area contributed by atoms with Crippen molar-refractivity contribution < 1.29 is 4.79 Å². The standard InChI is InChI=1S/C17H23N5O/c1-12(2)14-9-15(20-11-19-14)22-7-4-5-13(10-22)16(23)17-18-6-8-21(17)3/h6,8-9,11-13H,4-5,7,10H2,1-3H3/t13-/m0/s1. The van der Waals surface area contributed by atoms with Gasteiger partial charge in [-0.2, -0.15) is 0 Å². The molecule has 1 aliphatic rings. The molecule has 3 heterocycles. The minimum Gasteiger partial charge on any atom is -0.356 e. The number of nitrogens with zero attached hydrogens (tertiary/aromatic N) is 5. The van der Waals surface area contributed by atoms with Crippen molar-refractivity contribution in [3.63, 3.8) is 0 Å². The van der Waals surface area contributed by atoms with Crippen molar-refractivity contribution in [2.75, 3.05) is 18.0 Å². The summed E-state index contributed by atoms with van der Waals surface area (Å²) in [6.45, 7) is 5.87. The molecule has 2 aromatic heterocycles. The van der Waals surface area contributed by atoms with E-state index in [9.17, 15) is 4.79 Å². The molecular formula is C17H23N5O. The van der Waals surface area contributed by atoms with E-state index in [2.05, 4.69) is 33.7 Å². The molecule has 0 amide bonds. The molecule has 0 aromatic carbocycles. The zero-order valence-electron chi connectivity index (χ0n) is 13.9. The summed E-state index contributed by atoms with van der Waals surface area (Å²) in [6, 6.07) is 2.04. The lowest BCUT2D eigenvalue weighted by molar-refractivity contribution is 0.0893. The topological polar surface area (TPSA) is 63.9 Å². The van der Waals surface area contributed by atoms with Crippen LogP contribution in [-0.4, -0.2) is 38.4 Å². The summed E-state index contributed by atoms with van der Waals surface area (Å²) in [4.78, 5) is 27.8. The second-order valence-electron chi connectivity index (χ2n) is 6.47. The Labute approximate surface area is 136 Å². The highest BCUT2D eigenvalue weighted by atomic mass is 16.1. The lowest BCUT2D eigenvalue weighted by Gasteiger charge is -2.32. The van der Waals surface area contributed by atoms with Crippen molar-refractivity contribution >= 4 is 11.6 Å². The van der Waals surface area contributed by atoms with Crippen molar-refractivity contribution in [3.05, 3.63) is 36.3 Å². The number of ketones is 1. The summed E-state index contributed by atoms with van der Waals surface area (Å²) in [7, 11) is 1.86. The lowest BCUT2D eigenvalue weighted by atomic mass is 9.93.